The van der Waals surface area contributed by atoms with Gasteiger partial charge in [0.25, 0.3) is 0 Å². The lowest BCUT2D eigenvalue weighted by Gasteiger charge is -2.29. The van der Waals surface area contributed by atoms with E-state index >= 15 is 0 Å². The first-order valence-electron chi connectivity index (χ1n) is 14.8. The van der Waals surface area contributed by atoms with Crippen LogP contribution in [-0.2, 0) is 6.67 Å². The summed E-state index contributed by atoms with van der Waals surface area (Å²) in [5, 5.41) is 2.36. The van der Waals surface area contributed by atoms with Crippen LogP contribution in [0.3, 0.4) is 0 Å². The van der Waals surface area contributed by atoms with Crippen LogP contribution in [0.2, 0.25) is 0 Å². The summed E-state index contributed by atoms with van der Waals surface area (Å²) in [6.45, 7) is -0.481. The monoisotopic (exact) mass is 570 g/mol. The maximum absolute atomic E-state index is 13.4. The standard InChI is InChI=1S/C41H31FN2/c42-30-31-19-22-36(23-20-31)43(39-24-21-32-11-7-8-14-34(32)29-39)37-25-27-38(28-26-37)44(35-15-5-2-6-16-35)41-18-10-9-17-40(41)33-12-3-1-4-13-33/h1-29H,30H2. The fraction of sp³-hybridized carbons (Fsp3) is 0.0244. The van der Waals surface area contributed by atoms with E-state index < -0.39 is 6.67 Å². The fourth-order valence-corrected chi connectivity index (χ4v) is 5.78. The molecule has 7 aromatic carbocycles. The molecule has 0 aliphatic carbocycles. The summed E-state index contributed by atoms with van der Waals surface area (Å²) in [6, 6.07) is 60.8. The van der Waals surface area contributed by atoms with E-state index in [4.69, 9.17) is 0 Å². The number of hydrogen-bond acceptors (Lipinski definition) is 2. The summed E-state index contributed by atoms with van der Waals surface area (Å²) in [7, 11) is 0. The zero-order valence-corrected chi connectivity index (χ0v) is 24.2. The molecule has 0 N–H and O–H groups in total. The van der Waals surface area contributed by atoms with E-state index in [1.807, 2.05) is 36.4 Å². The SMILES string of the molecule is FCc1ccc(N(c2ccc(N(c3ccccc3)c3ccccc3-c3ccccc3)cc2)c2ccc3ccccc3c2)cc1. The molecule has 7 aromatic rings. The molecule has 7 rings (SSSR count). The van der Waals surface area contributed by atoms with Crippen molar-refractivity contribution >= 4 is 44.9 Å². The van der Waals surface area contributed by atoms with Crippen molar-refractivity contribution in [3.05, 3.63) is 181 Å². The zero-order valence-electron chi connectivity index (χ0n) is 24.2. The molecular weight excluding hydrogens is 539 g/mol. The minimum absolute atomic E-state index is 0.481. The smallest absolute Gasteiger partial charge is 0.115 e. The van der Waals surface area contributed by atoms with Gasteiger partial charge >= 0.3 is 0 Å². The number of nitrogens with zero attached hydrogens (tertiary/aromatic N) is 2. The summed E-state index contributed by atoms with van der Waals surface area (Å²) < 4.78 is 13.4. The molecule has 3 heteroatoms. The van der Waals surface area contributed by atoms with Gasteiger partial charge in [0.2, 0.25) is 0 Å². The number of para-hydroxylation sites is 2. The van der Waals surface area contributed by atoms with Crippen LogP contribution in [0, 0.1) is 0 Å². The molecule has 0 atom stereocenters. The minimum atomic E-state index is -0.481. The van der Waals surface area contributed by atoms with Gasteiger partial charge in [0.15, 0.2) is 0 Å². The summed E-state index contributed by atoms with van der Waals surface area (Å²) in [4.78, 5) is 4.53. The van der Waals surface area contributed by atoms with Gasteiger partial charge in [0.1, 0.15) is 6.67 Å². The van der Waals surface area contributed by atoms with E-state index in [1.54, 1.807) is 0 Å². The van der Waals surface area contributed by atoms with Crippen LogP contribution in [-0.4, -0.2) is 0 Å². The molecule has 0 saturated heterocycles. The van der Waals surface area contributed by atoms with Crippen LogP contribution in [0.25, 0.3) is 21.9 Å². The molecule has 0 unspecified atom stereocenters. The third-order valence-corrected chi connectivity index (χ3v) is 7.95. The molecule has 0 aliphatic rings. The molecule has 0 aliphatic heterocycles. The van der Waals surface area contributed by atoms with Crippen molar-refractivity contribution in [1.82, 2.24) is 0 Å². The Morgan fingerprint density at radius 3 is 1.57 bits per heavy atom. The number of halogens is 1. The summed E-state index contributed by atoms with van der Waals surface area (Å²) in [5.41, 5.74) is 9.25. The molecule has 0 bridgehead atoms. The highest BCUT2D eigenvalue weighted by Crippen LogP contribution is 2.42. The topological polar surface area (TPSA) is 6.48 Å². The summed E-state index contributed by atoms with van der Waals surface area (Å²) >= 11 is 0. The normalized spacial score (nSPS) is 10.9. The number of rotatable bonds is 8. The maximum atomic E-state index is 13.4. The van der Waals surface area contributed by atoms with Gasteiger partial charge < -0.3 is 9.80 Å². The Morgan fingerprint density at radius 2 is 0.886 bits per heavy atom. The molecule has 0 amide bonds. The van der Waals surface area contributed by atoms with Gasteiger partial charge in [-0.25, -0.2) is 4.39 Å². The van der Waals surface area contributed by atoms with Crippen molar-refractivity contribution in [3.8, 4) is 11.1 Å². The second-order valence-electron chi connectivity index (χ2n) is 10.7. The average molecular weight is 571 g/mol. The third kappa shape index (κ3) is 5.44. The van der Waals surface area contributed by atoms with E-state index in [0.717, 1.165) is 39.7 Å². The summed E-state index contributed by atoms with van der Waals surface area (Å²) in [6.07, 6.45) is 0. The lowest BCUT2D eigenvalue weighted by Crippen LogP contribution is -2.13. The molecule has 212 valence electrons. The van der Waals surface area contributed by atoms with Crippen LogP contribution in [0.1, 0.15) is 5.56 Å². The Balaban J connectivity index is 1.34. The quantitative estimate of drug-likeness (QED) is 0.179. The predicted octanol–water partition coefficient (Wildman–Crippen LogP) is 11.9. The fourth-order valence-electron chi connectivity index (χ4n) is 5.78. The molecular formula is C41H31FN2. The number of fused-ring (bicyclic) bond motifs is 1. The first-order valence-corrected chi connectivity index (χ1v) is 14.8. The second kappa shape index (κ2) is 12.3. The van der Waals surface area contributed by atoms with Gasteiger partial charge in [0.05, 0.1) is 5.69 Å². The Bertz CT molecular complexity index is 1990. The molecule has 0 spiro atoms. The molecule has 44 heavy (non-hydrogen) atoms. The van der Waals surface area contributed by atoms with Gasteiger partial charge in [-0.3, -0.25) is 0 Å². The van der Waals surface area contributed by atoms with E-state index in [-0.39, 0.29) is 0 Å². The number of hydrogen-bond donors (Lipinski definition) is 0. The molecule has 0 heterocycles. The van der Waals surface area contributed by atoms with E-state index in [1.165, 1.54) is 16.3 Å². The van der Waals surface area contributed by atoms with Gasteiger partial charge in [-0.15, -0.1) is 0 Å². The van der Waals surface area contributed by atoms with Crippen molar-refractivity contribution in [2.24, 2.45) is 0 Å². The second-order valence-corrected chi connectivity index (χ2v) is 10.7. The van der Waals surface area contributed by atoms with Gasteiger partial charge in [0, 0.05) is 34.0 Å². The number of alkyl halides is 1. The predicted molar refractivity (Wildman–Crippen MR) is 184 cm³/mol. The highest BCUT2D eigenvalue weighted by Gasteiger charge is 2.18. The van der Waals surface area contributed by atoms with Crippen molar-refractivity contribution in [3.63, 3.8) is 0 Å². The Kier molecular flexibility index (Phi) is 7.59. The van der Waals surface area contributed by atoms with Crippen LogP contribution in [0.15, 0.2) is 176 Å². The number of anilines is 6. The molecule has 0 saturated carbocycles. The van der Waals surface area contributed by atoms with E-state index in [9.17, 15) is 4.39 Å². The van der Waals surface area contributed by atoms with Crippen LogP contribution >= 0.6 is 0 Å². The lowest BCUT2D eigenvalue weighted by molar-refractivity contribution is 0.485. The zero-order chi connectivity index (χ0) is 29.7. The van der Waals surface area contributed by atoms with Crippen molar-refractivity contribution in [2.75, 3.05) is 9.80 Å². The molecule has 0 fully saturated rings. The van der Waals surface area contributed by atoms with Crippen molar-refractivity contribution in [1.29, 1.82) is 0 Å². The lowest BCUT2D eigenvalue weighted by atomic mass is 10.0. The van der Waals surface area contributed by atoms with Gasteiger partial charge in [-0.1, -0.05) is 109 Å². The van der Waals surface area contributed by atoms with Crippen LogP contribution in [0.5, 0.6) is 0 Å². The first kappa shape index (κ1) is 27.2. The number of benzene rings is 7. The maximum Gasteiger partial charge on any atom is 0.115 e. The van der Waals surface area contributed by atoms with Crippen LogP contribution < -0.4 is 9.80 Å². The third-order valence-electron chi connectivity index (χ3n) is 7.95. The van der Waals surface area contributed by atoms with Gasteiger partial charge in [-0.05, 0) is 88.6 Å². The highest BCUT2D eigenvalue weighted by molar-refractivity contribution is 5.91. The molecule has 0 radical (unpaired) electrons. The van der Waals surface area contributed by atoms with Crippen molar-refractivity contribution < 1.29 is 4.39 Å². The molecule has 2 nitrogen and oxygen atoms in total. The Labute approximate surface area is 257 Å². The Hall–Kier alpha value is -5.67. The van der Waals surface area contributed by atoms with Crippen molar-refractivity contribution in [2.45, 2.75) is 6.67 Å². The summed E-state index contributed by atoms with van der Waals surface area (Å²) in [5.74, 6) is 0. The minimum Gasteiger partial charge on any atom is -0.310 e. The average Bonchev–Trinajstić information content (AvgIpc) is 3.10. The Morgan fingerprint density at radius 1 is 0.386 bits per heavy atom. The largest absolute Gasteiger partial charge is 0.310 e. The van der Waals surface area contributed by atoms with E-state index in [0.29, 0.717) is 5.56 Å². The van der Waals surface area contributed by atoms with Gasteiger partial charge in [-0.2, -0.15) is 0 Å². The highest BCUT2D eigenvalue weighted by atomic mass is 19.1. The molecule has 0 aromatic heterocycles. The van der Waals surface area contributed by atoms with Crippen LogP contribution in [0.4, 0.5) is 38.5 Å². The van der Waals surface area contributed by atoms with E-state index in [2.05, 4.69) is 149 Å². The first-order chi connectivity index (χ1) is 21.8.